The summed E-state index contributed by atoms with van der Waals surface area (Å²) in [4.78, 5) is 25.3. The average Bonchev–Trinajstić information content (AvgIpc) is 3.20. The molecule has 1 atom stereocenters. The van der Waals surface area contributed by atoms with Crippen LogP contribution in [-0.4, -0.2) is 47.8 Å². The molecule has 0 fully saturated rings. The van der Waals surface area contributed by atoms with Crippen LogP contribution < -0.4 is 10.6 Å². The minimum absolute atomic E-state index is 0.0167. The van der Waals surface area contributed by atoms with Gasteiger partial charge in [0.15, 0.2) is 0 Å². The van der Waals surface area contributed by atoms with E-state index in [1.807, 2.05) is 0 Å². The van der Waals surface area contributed by atoms with Crippen LogP contribution in [-0.2, 0) is 40.3 Å². The first-order valence-corrected chi connectivity index (χ1v) is 14.1. The molecule has 2 heterocycles. The zero-order valence-electron chi connectivity index (χ0n) is 19.5. The first kappa shape index (κ1) is 22.8. The number of H-pyrrole nitrogens is 1. The molecule has 0 unspecified atom stereocenters. The predicted molar refractivity (Wildman–Crippen MR) is 133 cm³/mol. The number of nitrogens with one attached hydrogen (secondary N) is 3. The minimum Gasteiger partial charge on any atom is -0.356 e. The fraction of sp³-hybridized carbons (Fsp3) is 0.480. The van der Waals surface area contributed by atoms with Crippen molar-refractivity contribution in [3.05, 3.63) is 46.9 Å². The van der Waals surface area contributed by atoms with Crippen molar-refractivity contribution in [1.29, 1.82) is 0 Å². The quantitative estimate of drug-likeness (QED) is 0.446. The third-order valence-corrected chi connectivity index (χ3v) is 8.02. The van der Waals surface area contributed by atoms with E-state index in [2.05, 4.69) is 43.8 Å². The molecule has 0 radical (unpaired) electrons. The molecule has 0 aliphatic heterocycles. The molecule has 2 aliphatic carbocycles. The predicted octanol–water partition coefficient (Wildman–Crippen LogP) is 3.24. The smallest absolute Gasteiger partial charge is 0.223 e. The third-order valence-electron chi connectivity index (χ3n) is 6.99. The second kappa shape index (κ2) is 9.37. The number of fused-ring (bicyclic) bond motifs is 4. The lowest BCUT2D eigenvalue weighted by atomic mass is 9.86. The van der Waals surface area contributed by atoms with Gasteiger partial charge in [-0.3, -0.25) is 4.79 Å². The Bertz CT molecular complexity index is 1330. The first-order valence-electron chi connectivity index (χ1n) is 12.1. The summed E-state index contributed by atoms with van der Waals surface area (Å²) in [5, 5.41) is 7.47. The Hall–Kier alpha value is -2.94. The molecule has 1 aromatic carbocycles. The van der Waals surface area contributed by atoms with Crippen molar-refractivity contribution in [2.75, 3.05) is 23.9 Å². The Morgan fingerprint density at radius 2 is 2.00 bits per heavy atom. The van der Waals surface area contributed by atoms with Crippen LogP contribution in [0.1, 0.15) is 48.1 Å². The number of hydrogen-bond donors (Lipinski definition) is 3. The van der Waals surface area contributed by atoms with E-state index in [1.165, 1.54) is 30.2 Å². The van der Waals surface area contributed by atoms with Gasteiger partial charge in [0.1, 0.15) is 27.6 Å². The molecule has 0 spiro atoms. The Balaban J connectivity index is 1.37. The van der Waals surface area contributed by atoms with Gasteiger partial charge in [0.2, 0.25) is 5.91 Å². The Morgan fingerprint density at radius 1 is 1.15 bits per heavy atom. The van der Waals surface area contributed by atoms with E-state index in [0.29, 0.717) is 19.4 Å². The van der Waals surface area contributed by atoms with Crippen LogP contribution in [0, 0.1) is 5.92 Å². The Kier molecular flexibility index (Phi) is 6.29. The van der Waals surface area contributed by atoms with Crippen molar-refractivity contribution in [2.24, 2.45) is 5.92 Å². The zero-order valence-corrected chi connectivity index (χ0v) is 20.3. The summed E-state index contributed by atoms with van der Waals surface area (Å²) in [7, 11) is -3.02. The van der Waals surface area contributed by atoms with Gasteiger partial charge in [-0.05, 0) is 74.1 Å². The molecule has 8 nitrogen and oxygen atoms in total. The number of amides is 1. The number of nitrogens with zero attached hydrogens (tertiary/aromatic N) is 2. The van der Waals surface area contributed by atoms with Gasteiger partial charge in [0, 0.05) is 30.1 Å². The molecule has 0 saturated carbocycles. The number of hydrogen-bond acceptors (Lipinski definition) is 6. The lowest BCUT2D eigenvalue weighted by molar-refractivity contribution is -0.125. The molecule has 0 saturated heterocycles. The van der Waals surface area contributed by atoms with Crippen LogP contribution in [0.2, 0.25) is 0 Å². The van der Waals surface area contributed by atoms with Crippen molar-refractivity contribution in [2.45, 2.75) is 51.4 Å². The van der Waals surface area contributed by atoms with E-state index in [4.69, 9.17) is 0 Å². The van der Waals surface area contributed by atoms with Crippen LogP contribution in [0.25, 0.3) is 11.0 Å². The van der Waals surface area contributed by atoms with Crippen LogP contribution in [0.3, 0.4) is 0 Å². The molecule has 180 valence electrons. The third kappa shape index (κ3) is 4.80. The zero-order chi connectivity index (χ0) is 23.7. The van der Waals surface area contributed by atoms with Gasteiger partial charge in [-0.15, -0.1) is 0 Å². The van der Waals surface area contributed by atoms with Crippen molar-refractivity contribution in [3.8, 4) is 0 Å². The maximum absolute atomic E-state index is 12.8. The molecule has 3 N–H and O–H groups in total. The maximum Gasteiger partial charge on any atom is 0.223 e. The number of aryl methyl sites for hydroxylation is 2. The molecule has 3 aromatic rings. The van der Waals surface area contributed by atoms with Crippen LogP contribution in [0.15, 0.2) is 24.5 Å². The molecule has 2 aromatic heterocycles. The molecule has 0 bridgehead atoms. The number of rotatable bonds is 7. The molecular formula is C25H31N5O3S. The molecule has 2 aliphatic rings. The van der Waals surface area contributed by atoms with Crippen LogP contribution >= 0.6 is 0 Å². The van der Waals surface area contributed by atoms with Gasteiger partial charge >= 0.3 is 0 Å². The molecule has 34 heavy (non-hydrogen) atoms. The van der Waals surface area contributed by atoms with Gasteiger partial charge in [0.05, 0.1) is 11.1 Å². The van der Waals surface area contributed by atoms with E-state index >= 15 is 0 Å². The first-order chi connectivity index (χ1) is 16.4. The number of carbonyl (C=O) groups is 1. The lowest BCUT2D eigenvalue weighted by Crippen LogP contribution is -2.35. The maximum atomic E-state index is 12.8. The number of benzene rings is 1. The summed E-state index contributed by atoms with van der Waals surface area (Å²) in [5.41, 5.74) is 6.89. The number of aromatic amines is 1. The molecule has 5 rings (SSSR count). The SMILES string of the molecule is CS(=O)(=O)CCCNC(=O)[C@H]1CCc2[nH]c3ncnc(Nc4cccc5c4CCCC5)c3c2C1. The summed E-state index contributed by atoms with van der Waals surface area (Å²) in [6.07, 6.45) is 9.97. The van der Waals surface area contributed by atoms with Gasteiger partial charge in [-0.25, -0.2) is 18.4 Å². The number of anilines is 2. The standard InChI is InChI=1S/C25H31N5O3S/c1-34(32,33)13-5-12-26-25(31)17-10-11-21-19(14-17)22-23(27-15-28-24(22)30-21)29-20-9-4-7-16-6-2-3-8-18(16)20/h4,7,9,15,17H,2-3,5-6,8,10-14H2,1H3,(H,26,31)(H2,27,28,29,30)/t17-/m0/s1. The second-order valence-corrected chi connectivity index (χ2v) is 11.8. The number of aromatic nitrogens is 3. The van der Waals surface area contributed by atoms with Crippen molar-refractivity contribution >= 4 is 38.3 Å². The number of sulfone groups is 1. The molecular weight excluding hydrogens is 450 g/mol. The highest BCUT2D eigenvalue weighted by Gasteiger charge is 2.29. The van der Waals surface area contributed by atoms with Crippen molar-refractivity contribution in [3.63, 3.8) is 0 Å². The van der Waals surface area contributed by atoms with Gasteiger partial charge in [-0.2, -0.15) is 0 Å². The highest BCUT2D eigenvalue weighted by molar-refractivity contribution is 7.90. The summed E-state index contributed by atoms with van der Waals surface area (Å²) < 4.78 is 22.6. The Labute approximate surface area is 199 Å². The highest BCUT2D eigenvalue weighted by Crippen LogP contribution is 2.36. The number of carbonyl (C=O) groups excluding carboxylic acids is 1. The topological polar surface area (TPSA) is 117 Å². The van der Waals surface area contributed by atoms with Gasteiger partial charge in [0.25, 0.3) is 0 Å². The van der Waals surface area contributed by atoms with Crippen molar-refractivity contribution < 1.29 is 13.2 Å². The average molecular weight is 482 g/mol. The van der Waals surface area contributed by atoms with Crippen LogP contribution in [0.4, 0.5) is 11.5 Å². The second-order valence-electron chi connectivity index (χ2n) is 9.52. The van der Waals surface area contributed by atoms with E-state index < -0.39 is 9.84 Å². The van der Waals surface area contributed by atoms with E-state index in [1.54, 1.807) is 6.33 Å². The minimum atomic E-state index is -3.02. The fourth-order valence-electron chi connectivity index (χ4n) is 5.28. The summed E-state index contributed by atoms with van der Waals surface area (Å²) in [6, 6.07) is 6.43. The monoisotopic (exact) mass is 481 g/mol. The van der Waals surface area contributed by atoms with Gasteiger partial charge in [-0.1, -0.05) is 12.1 Å². The Morgan fingerprint density at radius 3 is 2.85 bits per heavy atom. The molecule has 9 heteroatoms. The fourth-order valence-corrected chi connectivity index (χ4v) is 5.94. The lowest BCUT2D eigenvalue weighted by Gasteiger charge is -2.22. The largest absolute Gasteiger partial charge is 0.356 e. The highest BCUT2D eigenvalue weighted by atomic mass is 32.2. The molecule has 1 amide bonds. The summed E-state index contributed by atoms with van der Waals surface area (Å²) >= 11 is 0. The van der Waals surface area contributed by atoms with Crippen LogP contribution in [0.5, 0.6) is 0 Å². The van der Waals surface area contributed by atoms with E-state index in [-0.39, 0.29) is 17.6 Å². The normalized spacial score (nSPS) is 17.7. The van der Waals surface area contributed by atoms with Gasteiger partial charge < -0.3 is 15.6 Å². The van der Waals surface area contributed by atoms with Crippen molar-refractivity contribution in [1.82, 2.24) is 20.3 Å². The summed E-state index contributed by atoms with van der Waals surface area (Å²) in [5.74, 6) is 0.690. The summed E-state index contributed by atoms with van der Waals surface area (Å²) in [6.45, 7) is 0.373. The van der Waals surface area contributed by atoms with E-state index in [9.17, 15) is 13.2 Å². The van der Waals surface area contributed by atoms with E-state index in [0.717, 1.165) is 59.5 Å².